The van der Waals surface area contributed by atoms with Crippen LogP contribution in [0.25, 0.3) is 0 Å². The lowest BCUT2D eigenvalue weighted by molar-refractivity contribution is -0.143. The Morgan fingerprint density at radius 3 is 2.57 bits per heavy atom. The van der Waals surface area contributed by atoms with E-state index in [1.165, 1.54) is 10.6 Å². The van der Waals surface area contributed by atoms with Gasteiger partial charge in [0.05, 0.1) is 0 Å². The number of aryl methyl sites for hydroxylation is 1. The van der Waals surface area contributed by atoms with Crippen LogP contribution in [0, 0.1) is 12.8 Å². The average Bonchev–Trinajstić information content (AvgIpc) is 2.43. The number of aliphatic carboxylic acids is 1. The Balaban J connectivity index is 2.65. The minimum Gasteiger partial charge on any atom is -0.480 e. The SMILES string of the molecule is CCC(C)C(NC(=O)CCn1c(C)cccc1=O)C(=O)O. The van der Waals surface area contributed by atoms with E-state index >= 15 is 0 Å². The van der Waals surface area contributed by atoms with E-state index in [0.717, 1.165) is 5.69 Å². The predicted octanol–water partition coefficient (Wildman–Crippen LogP) is 1.16. The zero-order valence-electron chi connectivity index (χ0n) is 12.6. The fourth-order valence-corrected chi connectivity index (χ4v) is 2.05. The summed E-state index contributed by atoms with van der Waals surface area (Å²) in [6.45, 7) is 5.69. The van der Waals surface area contributed by atoms with Crippen LogP contribution in [-0.4, -0.2) is 27.6 Å². The first-order valence-corrected chi connectivity index (χ1v) is 7.05. The zero-order valence-corrected chi connectivity index (χ0v) is 12.6. The maximum Gasteiger partial charge on any atom is 0.326 e. The molecule has 0 fully saturated rings. The Kier molecular flexibility index (Phi) is 6.14. The largest absolute Gasteiger partial charge is 0.480 e. The van der Waals surface area contributed by atoms with Gasteiger partial charge in [-0.2, -0.15) is 0 Å². The first-order valence-electron chi connectivity index (χ1n) is 7.05. The standard InChI is InChI=1S/C15H22N2O4/c1-4-10(2)14(15(20)21)16-12(18)8-9-17-11(3)6-5-7-13(17)19/h5-7,10,14H,4,8-9H2,1-3H3,(H,16,18)(H,20,21). The Morgan fingerprint density at radius 2 is 2.05 bits per heavy atom. The van der Waals surface area contributed by atoms with Crippen molar-refractivity contribution >= 4 is 11.9 Å². The van der Waals surface area contributed by atoms with Gasteiger partial charge in [0.15, 0.2) is 0 Å². The van der Waals surface area contributed by atoms with Crippen LogP contribution in [0.4, 0.5) is 0 Å². The van der Waals surface area contributed by atoms with E-state index in [2.05, 4.69) is 5.32 Å². The van der Waals surface area contributed by atoms with Gasteiger partial charge in [-0.25, -0.2) is 4.79 Å². The minimum atomic E-state index is -1.04. The smallest absolute Gasteiger partial charge is 0.326 e. The molecule has 0 saturated heterocycles. The number of carbonyl (C=O) groups excluding carboxylic acids is 1. The number of aromatic nitrogens is 1. The number of rotatable bonds is 7. The van der Waals surface area contributed by atoms with Crippen molar-refractivity contribution < 1.29 is 14.7 Å². The first-order chi connectivity index (χ1) is 9.86. The van der Waals surface area contributed by atoms with Crippen molar-refractivity contribution in [2.45, 2.75) is 46.2 Å². The molecule has 2 atom stereocenters. The van der Waals surface area contributed by atoms with Gasteiger partial charge in [0.2, 0.25) is 5.91 Å². The molecular weight excluding hydrogens is 272 g/mol. The van der Waals surface area contributed by atoms with Crippen molar-refractivity contribution in [3.8, 4) is 0 Å². The Labute approximate surface area is 123 Å². The predicted molar refractivity (Wildman–Crippen MR) is 79.1 cm³/mol. The monoisotopic (exact) mass is 294 g/mol. The Hall–Kier alpha value is -2.11. The lowest BCUT2D eigenvalue weighted by atomic mass is 9.99. The molecule has 1 heterocycles. The lowest BCUT2D eigenvalue weighted by Gasteiger charge is -2.20. The average molecular weight is 294 g/mol. The first kappa shape index (κ1) is 16.9. The molecule has 0 aromatic carbocycles. The molecule has 0 radical (unpaired) electrons. The van der Waals surface area contributed by atoms with Crippen LogP contribution in [-0.2, 0) is 16.1 Å². The molecule has 1 rings (SSSR count). The number of nitrogens with zero attached hydrogens (tertiary/aromatic N) is 1. The number of carboxylic acid groups (broad SMARTS) is 1. The molecule has 6 nitrogen and oxygen atoms in total. The van der Waals surface area contributed by atoms with Crippen LogP contribution >= 0.6 is 0 Å². The van der Waals surface area contributed by atoms with Gasteiger partial charge >= 0.3 is 5.97 Å². The maximum atomic E-state index is 11.9. The van der Waals surface area contributed by atoms with Crippen LogP contribution in [0.3, 0.4) is 0 Å². The third kappa shape index (κ3) is 4.73. The molecule has 0 aliphatic heterocycles. The number of nitrogens with one attached hydrogen (secondary N) is 1. The van der Waals surface area contributed by atoms with E-state index in [9.17, 15) is 14.4 Å². The van der Waals surface area contributed by atoms with Crippen LogP contribution in [0.2, 0.25) is 0 Å². The highest BCUT2D eigenvalue weighted by Gasteiger charge is 2.25. The van der Waals surface area contributed by atoms with E-state index in [0.29, 0.717) is 6.42 Å². The molecule has 21 heavy (non-hydrogen) atoms. The molecular formula is C15H22N2O4. The summed E-state index contributed by atoms with van der Waals surface area (Å²) in [4.78, 5) is 34.7. The Bertz CT molecular complexity index is 565. The zero-order chi connectivity index (χ0) is 16.0. The molecule has 0 spiro atoms. The van der Waals surface area contributed by atoms with Crippen LogP contribution in [0.1, 0.15) is 32.4 Å². The minimum absolute atomic E-state index is 0.0744. The van der Waals surface area contributed by atoms with E-state index in [1.54, 1.807) is 26.0 Å². The van der Waals surface area contributed by atoms with Crippen LogP contribution < -0.4 is 10.9 Å². The van der Waals surface area contributed by atoms with Gasteiger partial charge < -0.3 is 15.0 Å². The number of hydrogen-bond acceptors (Lipinski definition) is 3. The van der Waals surface area contributed by atoms with Crippen LogP contribution in [0.5, 0.6) is 0 Å². The molecule has 6 heteroatoms. The molecule has 0 aliphatic carbocycles. The van der Waals surface area contributed by atoms with Gasteiger partial charge in [0.1, 0.15) is 6.04 Å². The summed E-state index contributed by atoms with van der Waals surface area (Å²) in [7, 11) is 0. The van der Waals surface area contributed by atoms with Crippen molar-refractivity contribution in [1.29, 1.82) is 0 Å². The second-order valence-corrected chi connectivity index (χ2v) is 5.18. The summed E-state index contributed by atoms with van der Waals surface area (Å²) in [5, 5.41) is 11.6. The quantitative estimate of drug-likeness (QED) is 0.790. The fourth-order valence-electron chi connectivity index (χ4n) is 2.05. The van der Waals surface area contributed by atoms with Gasteiger partial charge in [-0.3, -0.25) is 9.59 Å². The number of carboxylic acids is 1. The lowest BCUT2D eigenvalue weighted by Crippen LogP contribution is -2.45. The van der Waals surface area contributed by atoms with Gasteiger partial charge in [-0.05, 0) is 18.9 Å². The topological polar surface area (TPSA) is 88.4 Å². The maximum absolute atomic E-state index is 11.9. The molecule has 0 bridgehead atoms. The summed E-state index contributed by atoms with van der Waals surface area (Å²) in [6.07, 6.45) is 0.736. The molecule has 1 aromatic heterocycles. The molecule has 0 saturated carbocycles. The van der Waals surface area contributed by atoms with Crippen molar-refractivity contribution in [1.82, 2.24) is 9.88 Å². The number of carbonyl (C=O) groups is 2. The van der Waals surface area contributed by atoms with E-state index in [1.807, 2.05) is 6.92 Å². The van der Waals surface area contributed by atoms with Crippen molar-refractivity contribution in [3.63, 3.8) is 0 Å². The normalized spacial score (nSPS) is 13.5. The van der Waals surface area contributed by atoms with Crippen molar-refractivity contribution in [2.24, 2.45) is 5.92 Å². The number of pyridine rings is 1. The van der Waals surface area contributed by atoms with Crippen LogP contribution in [0.15, 0.2) is 23.0 Å². The number of hydrogen-bond donors (Lipinski definition) is 2. The molecule has 0 aliphatic rings. The third-order valence-electron chi connectivity index (χ3n) is 3.63. The van der Waals surface area contributed by atoms with Crippen molar-refractivity contribution in [3.05, 3.63) is 34.2 Å². The summed E-state index contributed by atoms with van der Waals surface area (Å²) in [5.41, 5.74) is 0.603. The summed E-state index contributed by atoms with van der Waals surface area (Å²) in [6, 6.07) is 4.00. The molecule has 2 unspecified atom stereocenters. The highest BCUT2D eigenvalue weighted by atomic mass is 16.4. The third-order valence-corrected chi connectivity index (χ3v) is 3.63. The molecule has 2 N–H and O–H groups in total. The summed E-state index contributed by atoms with van der Waals surface area (Å²) < 4.78 is 1.50. The molecule has 1 aromatic rings. The van der Waals surface area contributed by atoms with Gasteiger partial charge in [0.25, 0.3) is 5.56 Å². The summed E-state index contributed by atoms with van der Waals surface area (Å²) in [5.74, 6) is -1.55. The second kappa shape index (κ2) is 7.61. The highest BCUT2D eigenvalue weighted by molar-refractivity contribution is 5.83. The second-order valence-electron chi connectivity index (χ2n) is 5.18. The van der Waals surface area contributed by atoms with E-state index in [-0.39, 0.29) is 30.3 Å². The Morgan fingerprint density at radius 1 is 1.38 bits per heavy atom. The fraction of sp³-hybridized carbons (Fsp3) is 0.533. The van der Waals surface area contributed by atoms with E-state index < -0.39 is 12.0 Å². The van der Waals surface area contributed by atoms with Gasteiger partial charge in [-0.1, -0.05) is 26.3 Å². The highest BCUT2D eigenvalue weighted by Crippen LogP contribution is 2.08. The van der Waals surface area contributed by atoms with Crippen molar-refractivity contribution in [2.75, 3.05) is 0 Å². The summed E-state index contributed by atoms with van der Waals surface area (Å²) >= 11 is 0. The van der Waals surface area contributed by atoms with E-state index in [4.69, 9.17) is 5.11 Å². The van der Waals surface area contributed by atoms with Gasteiger partial charge in [-0.15, -0.1) is 0 Å². The molecule has 1 amide bonds. The number of amides is 1. The van der Waals surface area contributed by atoms with Gasteiger partial charge in [0, 0.05) is 24.7 Å². The molecule has 116 valence electrons.